The van der Waals surface area contributed by atoms with Crippen LogP contribution < -0.4 is 5.32 Å². The van der Waals surface area contributed by atoms with Gasteiger partial charge in [0.25, 0.3) is 0 Å². The standard InChI is InChI=1S/C12H16BrNO2/c13-11-5-3-4-10(8-11)9-12(16)14-6-1-2-7-15/h3-5,8,15H,1-2,6-7,9H2,(H,14,16). The predicted molar refractivity (Wildman–Crippen MR) is 67.2 cm³/mol. The molecule has 0 radical (unpaired) electrons. The zero-order valence-corrected chi connectivity index (χ0v) is 10.7. The summed E-state index contributed by atoms with van der Waals surface area (Å²) in [7, 11) is 0. The minimum Gasteiger partial charge on any atom is -0.396 e. The molecule has 1 rings (SSSR count). The quantitative estimate of drug-likeness (QED) is 0.784. The van der Waals surface area contributed by atoms with Crippen LogP contribution in [0, 0.1) is 0 Å². The number of unbranched alkanes of at least 4 members (excludes halogenated alkanes) is 1. The number of rotatable bonds is 6. The Bertz CT molecular complexity index is 342. The molecule has 0 aromatic heterocycles. The number of carbonyl (C=O) groups excluding carboxylic acids is 1. The lowest BCUT2D eigenvalue weighted by molar-refractivity contribution is -0.120. The van der Waals surface area contributed by atoms with Gasteiger partial charge in [-0.2, -0.15) is 0 Å². The molecule has 16 heavy (non-hydrogen) atoms. The first-order valence-corrected chi connectivity index (χ1v) is 6.13. The van der Waals surface area contributed by atoms with Gasteiger partial charge in [-0.3, -0.25) is 4.79 Å². The van der Waals surface area contributed by atoms with Gasteiger partial charge < -0.3 is 10.4 Å². The van der Waals surface area contributed by atoms with E-state index in [2.05, 4.69) is 21.2 Å². The lowest BCUT2D eigenvalue weighted by atomic mass is 10.1. The largest absolute Gasteiger partial charge is 0.396 e. The highest BCUT2D eigenvalue weighted by Crippen LogP contribution is 2.11. The highest BCUT2D eigenvalue weighted by Gasteiger charge is 2.02. The van der Waals surface area contributed by atoms with Crippen LogP contribution in [0.4, 0.5) is 0 Å². The van der Waals surface area contributed by atoms with E-state index in [9.17, 15) is 4.79 Å². The fourth-order valence-electron chi connectivity index (χ4n) is 1.36. The summed E-state index contributed by atoms with van der Waals surface area (Å²) in [6.45, 7) is 0.814. The Morgan fingerprint density at radius 3 is 2.88 bits per heavy atom. The Labute approximate surface area is 104 Å². The molecule has 1 amide bonds. The third kappa shape index (κ3) is 5.28. The Balaban J connectivity index is 2.29. The number of hydrogen-bond donors (Lipinski definition) is 2. The van der Waals surface area contributed by atoms with Crippen molar-refractivity contribution in [3.05, 3.63) is 34.3 Å². The van der Waals surface area contributed by atoms with Crippen molar-refractivity contribution in [2.24, 2.45) is 0 Å². The zero-order valence-electron chi connectivity index (χ0n) is 9.08. The highest BCUT2D eigenvalue weighted by molar-refractivity contribution is 9.10. The summed E-state index contributed by atoms with van der Waals surface area (Å²) in [5.74, 6) is 0.0241. The second kappa shape index (κ2) is 7.41. The van der Waals surface area contributed by atoms with Crippen LogP contribution in [0.2, 0.25) is 0 Å². The molecule has 0 fully saturated rings. The molecule has 0 unspecified atom stereocenters. The van der Waals surface area contributed by atoms with E-state index in [-0.39, 0.29) is 12.5 Å². The average molecular weight is 286 g/mol. The number of halogens is 1. The molecule has 1 aromatic rings. The third-order valence-corrected chi connectivity index (χ3v) is 2.65. The van der Waals surface area contributed by atoms with Gasteiger partial charge in [-0.15, -0.1) is 0 Å². The Morgan fingerprint density at radius 1 is 1.38 bits per heavy atom. The SMILES string of the molecule is O=C(Cc1cccc(Br)c1)NCCCCO. The summed E-state index contributed by atoms with van der Waals surface area (Å²) >= 11 is 3.37. The molecular weight excluding hydrogens is 270 g/mol. The van der Waals surface area contributed by atoms with Crippen molar-refractivity contribution in [3.8, 4) is 0 Å². The van der Waals surface area contributed by atoms with Gasteiger partial charge >= 0.3 is 0 Å². The molecule has 0 aliphatic rings. The maximum atomic E-state index is 11.5. The Kier molecular flexibility index (Phi) is 6.11. The topological polar surface area (TPSA) is 49.3 Å². The van der Waals surface area contributed by atoms with E-state index in [0.717, 1.165) is 22.9 Å². The number of carbonyl (C=O) groups is 1. The maximum Gasteiger partial charge on any atom is 0.224 e. The van der Waals surface area contributed by atoms with Gasteiger partial charge in [0.05, 0.1) is 6.42 Å². The molecule has 0 bridgehead atoms. The van der Waals surface area contributed by atoms with Crippen molar-refractivity contribution in [1.29, 1.82) is 0 Å². The molecule has 1 aromatic carbocycles. The van der Waals surface area contributed by atoms with E-state index in [4.69, 9.17) is 5.11 Å². The van der Waals surface area contributed by atoms with Crippen molar-refractivity contribution >= 4 is 21.8 Å². The van der Waals surface area contributed by atoms with Crippen molar-refractivity contribution in [3.63, 3.8) is 0 Å². The minimum atomic E-state index is 0.0241. The van der Waals surface area contributed by atoms with Gasteiger partial charge in [-0.1, -0.05) is 28.1 Å². The van der Waals surface area contributed by atoms with Crippen molar-refractivity contribution in [2.45, 2.75) is 19.3 Å². The van der Waals surface area contributed by atoms with Crippen molar-refractivity contribution < 1.29 is 9.90 Å². The van der Waals surface area contributed by atoms with Crippen LogP contribution in [-0.2, 0) is 11.2 Å². The first kappa shape index (κ1) is 13.2. The van der Waals surface area contributed by atoms with Crippen molar-refractivity contribution in [2.75, 3.05) is 13.2 Å². The van der Waals surface area contributed by atoms with Crippen LogP contribution in [0.15, 0.2) is 28.7 Å². The first-order chi connectivity index (χ1) is 7.72. The van der Waals surface area contributed by atoms with Gasteiger partial charge in [0, 0.05) is 17.6 Å². The third-order valence-electron chi connectivity index (χ3n) is 2.16. The minimum absolute atomic E-state index is 0.0241. The average Bonchev–Trinajstić information content (AvgIpc) is 2.24. The van der Waals surface area contributed by atoms with Crippen molar-refractivity contribution in [1.82, 2.24) is 5.32 Å². The van der Waals surface area contributed by atoms with E-state index >= 15 is 0 Å². The molecular formula is C12H16BrNO2. The maximum absolute atomic E-state index is 11.5. The number of aliphatic hydroxyl groups excluding tert-OH is 1. The summed E-state index contributed by atoms with van der Waals surface area (Å²) in [5, 5.41) is 11.4. The zero-order chi connectivity index (χ0) is 11.8. The fraction of sp³-hybridized carbons (Fsp3) is 0.417. The summed E-state index contributed by atoms with van der Waals surface area (Å²) in [4.78, 5) is 11.5. The predicted octanol–water partition coefficient (Wildman–Crippen LogP) is 1.88. The van der Waals surface area contributed by atoms with Crippen LogP contribution in [0.1, 0.15) is 18.4 Å². The van der Waals surface area contributed by atoms with Gasteiger partial charge in [-0.05, 0) is 30.5 Å². The summed E-state index contributed by atoms with van der Waals surface area (Å²) in [6, 6.07) is 7.71. The summed E-state index contributed by atoms with van der Waals surface area (Å²) in [5.41, 5.74) is 0.994. The van der Waals surface area contributed by atoms with E-state index < -0.39 is 0 Å². The van der Waals surface area contributed by atoms with Crippen LogP contribution in [-0.4, -0.2) is 24.2 Å². The number of nitrogens with one attached hydrogen (secondary N) is 1. The van der Waals surface area contributed by atoms with Crippen LogP contribution in [0.3, 0.4) is 0 Å². The smallest absolute Gasteiger partial charge is 0.224 e. The van der Waals surface area contributed by atoms with Crippen LogP contribution >= 0.6 is 15.9 Å². The van der Waals surface area contributed by atoms with E-state index in [1.54, 1.807) is 0 Å². The van der Waals surface area contributed by atoms with Gasteiger partial charge in [-0.25, -0.2) is 0 Å². The number of aliphatic hydroxyl groups is 1. The monoisotopic (exact) mass is 285 g/mol. The molecule has 0 saturated heterocycles. The second-order valence-electron chi connectivity index (χ2n) is 3.59. The molecule has 0 saturated carbocycles. The summed E-state index contributed by atoms with van der Waals surface area (Å²) in [6.07, 6.45) is 1.95. The first-order valence-electron chi connectivity index (χ1n) is 5.34. The van der Waals surface area contributed by atoms with Crippen LogP contribution in [0.25, 0.3) is 0 Å². The molecule has 0 atom stereocenters. The van der Waals surface area contributed by atoms with E-state index in [1.807, 2.05) is 24.3 Å². The fourth-order valence-corrected chi connectivity index (χ4v) is 1.81. The number of amides is 1. The summed E-state index contributed by atoms with van der Waals surface area (Å²) < 4.78 is 0.984. The molecule has 2 N–H and O–H groups in total. The number of benzene rings is 1. The van der Waals surface area contributed by atoms with Gasteiger partial charge in [0.2, 0.25) is 5.91 Å². The molecule has 0 aliphatic carbocycles. The lowest BCUT2D eigenvalue weighted by Gasteiger charge is -2.04. The molecule has 0 aliphatic heterocycles. The van der Waals surface area contributed by atoms with E-state index in [1.165, 1.54) is 0 Å². The highest BCUT2D eigenvalue weighted by atomic mass is 79.9. The molecule has 0 spiro atoms. The number of hydrogen-bond acceptors (Lipinski definition) is 2. The van der Waals surface area contributed by atoms with Gasteiger partial charge in [0.1, 0.15) is 0 Å². The Morgan fingerprint density at radius 2 is 2.19 bits per heavy atom. The second-order valence-corrected chi connectivity index (χ2v) is 4.50. The molecule has 88 valence electrons. The van der Waals surface area contributed by atoms with E-state index in [0.29, 0.717) is 13.0 Å². The lowest BCUT2D eigenvalue weighted by Crippen LogP contribution is -2.26. The normalized spacial score (nSPS) is 10.1. The van der Waals surface area contributed by atoms with Crippen LogP contribution in [0.5, 0.6) is 0 Å². The molecule has 4 heteroatoms. The van der Waals surface area contributed by atoms with Gasteiger partial charge in [0.15, 0.2) is 0 Å². The Hall–Kier alpha value is -0.870. The molecule has 3 nitrogen and oxygen atoms in total. The molecule has 0 heterocycles.